The van der Waals surface area contributed by atoms with E-state index in [0.29, 0.717) is 21.6 Å². The van der Waals surface area contributed by atoms with E-state index in [1.54, 1.807) is 12.1 Å². The van der Waals surface area contributed by atoms with E-state index in [4.69, 9.17) is 34.8 Å². The molecule has 0 saturated heterocycles. The molecule has 0 aliphatic rings. The number of benzene rings is 2. The van der Waals surface area contributed by atoms with E-state index in [9.17, 15) is 0 Å². The molecule has 0 radical (unpaired) electrons. The lowest BCUT2D eigenvalue weighted by Crippen LogP contribution is -2.01. The summed E-state index contributed by atoms with van der Waals surface area (Å²) in [6.45, 7) is 0.540. The lowest BCUT2D eigenvalue weighted by Gasteiger charge is -2.11. The molecule has 1 N–H and O–H groups in total. The quantitative estimate of drug-likeness (QED) is 0.492. The van der Waals surface area contributed by atoms with Gasteiger partial charge in [0.2, 0.25) is 0 Å². The van der Waals surface area contributed by atoms with Crippen LogP contribution in [0.3, 0.4) is 0 Å². The van der Waals surface area contributed by atoms with E-state index in [1.165, 1.54) is 3.57 Å². The Hall–Kier alpha value is -0.160. The Morgan fingerprint density at radius 2 is 1.50 bits per heavy atom. The Labute approximate surface area is 135 Å². The van der Waals surface area contributed by atoms with Gasteiger partial charge in [-0.2, -0.15) is 0 Å². The fraction of sp³-hybridized carbons (Fsp3) is 0.0769. The van der Waals surface area contributed by atoms with Crippen LogP contribution in [0.15, 0.2) is 36.4 Å². The highest BCUT2D eigenvalue weighted by Crippen LogP contribution is 2.31. The van der Waals surface area contributed by atoms with Crippen LogP contribution in [0.25, 0.3) is 0 Å². The van der Waals surface area contributed by atoms with Gasteiger partial charge in [0.25, 0.3) is 0 Å². The Bertz CT molecular complexity index is 555. The summed E-state index contributed by atoms with van der Waals surface area (Å²) in [5.74, 6) is 0. The Morgan fingerprint density at radius 1 is 0.889 bits per heavy atom. The summed E-state index contributed by atoms with van der Waals surface area (Å²) in [5, 5.41) is 4.90. The number of rotatable bonds is 3. The average Bonchev–Trinajstić information content (AvgIpc) is 2.36. The third-order valence-electron chi connectivity index (χ3n) is 2.45. The van der Waals surface area contributed by atoms with Gasteiger partial charge >= 0.3 is 0 Å². The molecule has 5 heteroatoms. The first-order valence-corrected chi connectivity index (χ1v) is 7.41. The number of anilines is 1. The van der Waals surface area contributed by atoms with Crippen molar-refractivity contribution < 1.29 is 0 Å². The summed E-state index contributed by atoms with van der Waals surface area (Å²) in [7, 11) is 0. The van der Waals surface area contributed by atoms with Crippen LogP contribution in [0, 0.1) is 3.57 Å². The minimum absolute atomic E-state index is 0.502. The Kier molecular flexibility index (Phi) is 5.01. The van der Waals surface area contributed by atoms with E-state index < -0.39 is 0 Å². The van der Waals surface area contributed by atoms with E-state index in [0.717, 1.165) is 11.3 Å². The molecule has 0 amide bonds. The maximum absolute atomic E-state index is 6.13. The molecule has 2 rings (SSSR count). The first kappa shape index (κ1) is 14.3. The van der Waals surface area contributed by atoms with Crippen molar-refractivity contribution in [3.05, 3.63) is 60.6 Å². The lowest BCUT2D eigenvalue weighted by atomic mass is 10.2. The molecular weight excluding hydrogens is 403 g/mol. The van der Waals surface area contributed by atoms with Gasteiger partial charge in [-0.25, -0.2) is 0 Å². The number of halogens is 4. The summed E-state index contributed by atoms with van der Waals surface area (Å²) in [4.78, 5) is 0. The highest BCUT2D eigenvalue weighted by molar-refractivity contribution is 14.1. The van der Waals surface area contributed by atoms with Crippen molar-refractivity contribution in [1.82, 2.24) is 0 Å². The van der Waals surface area contributed by atoms with Crippen LogP contribution < -0.4 is 5.32 Å². The van der Waals surface area contributed by atoms with Crippen LogP contribution in [0.4, 0.5) is 5.69 Å². The highest BCUT2D eigenvalue weighted by atomic mass is 127. The zero-order valence-corrected chi connectivity index (χ0v) is 13.6. The molecule has 0 atom stereocenters. The molecule has 0 aromatic heterocycles. The molecule has 0 unspecified atom stereocenters. The standard InChI is InChI=1S/C13H9Cl3IN/c14-11-5-6-12(15)13(16)10(11)7-18-9-3-1-8(17)2-4-9/h1-6,18H,7H2. The maximum atomic E-state index is 6.13. The minimum atomic E-state index is 0.502. The van der Waals surface area contributed by atoms with Crippen LogP contribution >= 0.6 is 57.4 Å². The van der Waals surface area contributed by atoms with Gasteiger partial charge in [-0.3, -0.25) is 0 Å². The largest absolute Gasteiger partial charge is 0.381 e. The number of nitrogens with one attached hydrogen (secondary N) is 1. The van der Waals surface area contributed by atoms with E-state index in [-0.39, 0.29) is 0 Å². The summed E-state index contributed by atoms with van der Waals surface area (Å²) < 4.78 is 1.19. The summed E-state index contributed by atoms with van der Waals surface area (Å²) in [6, 6.07) is 11.5. The average molecular weight is 412 g/mol. The molecule has 2 aromatic rings. The van der Waals surface area contributed by atoms with Gasteiger partial charge in [0.15, 0.2) is 0 Å². The second-order valence-corrected chi connectivity index (χ2v) is 6.12. The number of hydrogen-bond donors (Lipinski definition) is 1. The van der Waals surface area contributed by atoms with Gasteiger partial charge in [0, 0.05) is 26.4 Å². The maximum Gasteiger partial charge on any atom is 0.0657 e. The molecule has 0 aliphatic carbocycles. The van der Waals surface area contributed by atoms with Gasteiger partial charge in [0.05, 0.1) is 10.0 Å². The summed E-state index contributed by atoms with van der Waals surface area (Å²) >= 11 is 20.5. The molecule has 94 valence electrons. The molecule has 0 aliphatic heterocycles. The van der Waals surface area contributed by atoms with Crippen molar-refractivity contribution in [3.8, 4) is 0 Å². The normalized spacial score (nSPS) is 10.4. The van der Waals surface area contributed by atoms with E-state index in [1.807, 2.05) is 24.3 Å². The van der Waals surface area contributed by atoms with Crippen LogP contribution in [-0.2, 0) is 6.54 Å². The third kappa shape index (κ3) is 3.44. The van der Waals surface area contributed by atoms with E-state index in [2.05, 4.69) is 27.9 Å². The predicted octanol–water partition coefficient (Wildman–Crippen LogP) is 5.86. The van der Waals surface area contributed by atoms with Crippen molar-refractivity contribution in [3.63, 3.8) is 0 Å². The lowest BCUT2D eigenvalue weighted by molar-refractivity contribution is 1.15. The highest BCUT2D eigenvalue weighted by Gasteiger charge is 2.09. The first-order chi connectivity index (χ1) is 8.58. The molecule has 0 fully saturated rings. The van der Waals surface area contributed by atoms with Gasteiger partial charge in [-0.15, -0.1) is 0 Å². The van der Waals surface area contributed by atoms with Gasteiger partial charge < -0.3 is 5.32 Å². The van der Waals surface area contributed by atoms with Crippen molar-refractivity contribution in [2.45, 2.75) is 6.54 Å². The zero-order valence-electron chi connectivity index (χ0n) is 9.18. The van der Waals surface area contributed by atoms with Crippen LogP contribution in [0.1, 0.15) is 5.56 Å². The zero-order chi connectivity index (χ0) is 13.1. The van der Waals surface area contributed by atoms with Gasteiger partial charge in [-0.05, 0) is 59.0 Å². The SMILES string of the molecule is Clc1ccc(Cl)c(CNc2ccc(I)cc2)c1Cl. The van der Waals surface area contributed by atoms with Crippen LogP contribution in [-0.4, -0.2) is 0 Å². The van der Waals surface area contributed by atoms with E-state index >= 15 is 0 Å². The van der Waals surface area contributed by atoms with Crippen molar-refractivity contribution in [2.75, 3.05) is 5.32 Å². The monoisotopic (exact) mass is 411 g/mol. The molecule has 1 nitrogen and oxygen atoms in total. The Morgan fingerprint density at radius 3 is 2.17 bits per heavy atom. The molecular formula is C13H9Cl3IN. The van der Waals surface area contributed by atoms with Crippen LogP contribution in [0.5, 0.6) is 0 Å². The smallest absolute Gasteiger partial charge is 0.0657 e. The summed E-state index contributed by atoms with van der Waals surface area (Å²) in [6.07, 6.45) is 0. The fourth-order valence-electron chi connectivity index (χ4n) is 1.49. The second-order valence-electron chi connectivity index (χ2n) is 3.68. The summed E-state index contributed by atoms with van der Waals surface area (Å²) in [5.41, 5.74) is 1.83. The molecule has 0 spiro atoms. The third-order valence-corrected chi connectivity index (χ3v) is 4.37. The topological polar surface area (TPSA) is 12.0 Å². The van der Waals surface area contributed by atoms with Crippen LogP contribution in [0.2, 0.25) is 15.1 Å². The minimum Gasteiger partial charge on any atom is -0.381 e. The van der Waals surface area contributed by atoms with Crippen molar-refractivity contribution >= 4 is 63.1 Å². The molecule has 0 bridgehead atoms. The number of hydrogen-bond acceptors (Lipinski definition) is 1. The first-order valence-electron chi connectivity index (χ1n) is 5.20. The molecule has 0 heterocycles. The molecule has 18 heavy (non-hydrogen) atoms. The van der Waals surface area contributed by atoms with Crippen molar-refractivity contribution in [1.29, 1.82) is 0 Å². The van der Waals surface area contributed by atoms with Crippen molar-refractivity contribution in [2.24, 2.45) is 0 Å². The van der Waals surface area contributed by atoms with Gasteiger partial charge in [-0.1, -0.05) is 34.8 Å². The van der Waals surface area contributed by atoms with Gasteiger partial charge in [0.1, 0.15) is 0 Å². The predicted molar refractivity (Wildman–Crippen MR) is 88.0 cm³/mol. The second kappa shape index (κ2) is 6.33. The molecule has 0 saturated carbocycles. The fourth-order valence-corrected chi connectivity index (χ4v) is 2.53. The molecule has 2 aromatic carbocycles. The Balaban J connectivity index is 2.15.